The molecule has 4 aliphatic rings. The van der Waals surface area contributed by atoms with E-state index < -0.39 is 81.8 Å². The number of rotatable bonds is 3. The van der Waals surface area contributed by atoms with E-state index in [1.54, 1.807) is 27.7 Å². The molecule has 7 N–H and O–H groups in total. The van der Waals surface area contributed by atoms with Crippen LogP contribution in [0.25, 0.3) is 0 Å². The number of hydrogen-bond acceptors (Lipinski definition) is 8. The van der Waals surface area contributed by atoms with E-state index >= 15 is 0 Å². The lowest BCUT2D eigenvalue weighted by molar-refractivity contribution is -0.306. The molecule has 9 heteroatoms. The Morgan fingerprint density at radius 1 is 1.02 bits per heavy atom. The lowest BCUT2D eigenvalue weighted by Gasteiger charge is -2.69. The summed E-state index contributed by atoms with van der Waals surface area (Å²) >= 11 is 0. The molecule has 0 aliphatic heterocycles. The van der Waals surface area contributed by atoms with Crippen molar-refractivity contribution in [3.05, 3.63) is 28.8 Å². The van der Waals surface area contributed by atoms with Gasteiger partial charge in [0, 0.05) is 16.4 Å². The summed E-state index contributed by atoms with van der Waals surface area (Å²) in [5.74, 6) is -8.59. The number of carbonyl (C=O) groups excluding carboxylic acids is 3. The maximum absolute atomic E-state index is 14.4. The highest BCUT2D eigenvalue weighted by Crippen LogP contribution is 2.68. The van der Waals surface area contributed by atoms with Crippen LogP contribution in [0.1, 0.15) is 101 Å². The molecule has 0 aromatic heterocycles. The fourth-order valence-electron chi connectivity index (χ4n) is 9.85. The smallest absolute Gasteiger partial charge is 0.230 e. The van der Waals surface area contributed by atoms with Crippen molar-refractivity contribution in [1.29, 1.82) is 0 Å². The summed E-state index contributed by atoms with van der Waals surface area (Å²) in [6.45, 7) is 10.4. The second-order valence-corrected chi connectivity index (χ2v) is 14.4. The van der Waals surface area contributed by atoms with Crippen molar-refractivity contribution in [1.82, 2.24) is 0 Å². The number of fused-ring (bicyclic) bond motifs is 3. The summed E-state index contributed by atoms with van der Waals surface area (Å²) in [6.07, 6.45) is -0.417. The average molecular weight is 572 g/mol. The lowest BCUT2D eigenvalue weighted by Crippen LogP contribution is -2.83. The number of benzene rings is 1. The number of Topliss-reactive ketones (excluding diaryl/α,β-unsaturated/α-hetero) is 2. The third-order valence-electron chi connectivity index (χ3n) is 12.2. The van der Waals surface area contributed by atoms with Gasteiger partial charge >= 0.3 is 0 Å². The van der Waals surface area contributed by atoms with Gasteiger partial charge < -0.3 is 31.3 Å². The van der Waals surface area contributed by atoms with Crippen LogP contribution in [-0.2, 0) is 15.0 Å². The van der Waals surface area contributed by atoms with Crippen molar-refractivity contribution in [2.75, 3.05) is 0 Å². The van der Waals surface area contributed by atoms with Crippen LogP contribution in [0.3, 0.4) is 0 Å². The minimum Gasteiger partial charge on any atom is -0.507 e. The summed E-state index contributed by atoms with van der Waals surface area (Å²) in [5.41, 5.74) is 0.378. The van der Waals surface area contributed by atoms with E-state index in [-0.39, 0.29) is 16.7 Å². The van der Waals surface area contributed by atoms with E-state index in [2.05, 4.69) is 6.92 Å². The molecule has 226 valence electrons. The van der Waals surface area contributed by atoms with E-state index in [4.69, 9.17) is 5.73 Å². The van der Waals surface area contributed by atoms with Crippen LogP contribution < -0.4 is 5.73 Å². The predicted octanol–water partition coefficient (Wildman–Crippen LogP) is 2.33. The fraction of sp³-hybridized carbons (Fsp3) is 0.719. The molecule has 0 bridgehead atoms. The number of aliphatic hydroxyl groups is 4. The fourth-order valence-corrected chi connectivity index (χ4v) is 9.85. The molecule has 9 nitrogen and oxygen atoms in total. The van der Waals surface area contributed by atoms with Crippen molar-refractivity contribution in [2.24, 2.45) is 40.2 Å². The summed E-state index contributed by atoms with van der Waals surface area (Å²) in [5, 5.41) is 59.6. The van der Waals surface area contributed by atoms with E-state index in [9.17, 15) is 39.9 Å². The first-order valence-corrected chi connectivity index (χ1v) is 14.9. The van der Waals surface area contributed by atoms with Gasteiger partial charge in [-0.15, -0.1) is 0 Å². The molecule has 1 amide bonds. The van der Waals surface area contributed by atoms with E-state index in [1.165, 1.54) is 6.92 Å². The van der Waals surface area contributed by atoms with Gasteiger partial charge in [-0.05, 0) is 41.6 Å². The first-order chi connectivity index (χ1) is 18.9. The third-order valence-corrected chi connectivity index (χ3v) is 12.2. The Morgan fingerprint density at radius 2 is 1.61 bits per heavy atom. The van der Waals surface area contributed by atoms with E-state index in [1.807, 2.05) is 12.1 Å². The zero-order chi connectivity index (χ0) is 30.6. The van der Waals surface area contributed by atoms with Crippen molar-refractivity contribution in [3.63, 3.8) is 0 Å². The summed E-state index contributed by atoms with van der Waals surface area (Å²) < 4.78 is 0. The number of carbonyl (C=O) groups is 3. The molecule has 0 spiro atoms. The van der Waals surface area contributed by atoms with Crippen LogP contribution in [0.4, 0.5) is 0 Å². The highest BCUT2D eigenvalue weighted by atomic mass is 16.4. The Bertz CT molecular complexity index is 1300. The topological polar surface area (TPSA) is 178 Å². The van der Waals surface area contributed by atoms with Gasteiger partial charge in [0.1, 0.15) is 17.8 Å². The number of amides is 1. The molecule has 41 heavy (non-hydrogen) atoms. The average Bonchev–Trinajstić information content (AvgIpc) is 2.89. The second-order valence-electron chi connectivity index (χ2n) is 14.4. The van der Waals surface area contributed by atoms with Crippen LogP contribution in [-0.4, -0.2) is 66.9 Å². The summed E-state index contributed by atoms with van der Waals surface area (Å²) in [7, 11) is 0. The number of primary amides is 1. The van der Waals surface area contributed by atoms with Gasteiger partial charge in [-0.25, -0.2) is 0 Å². The molecule has 0 heterocycles. The van der Waals surface area contributed by atoms with Crippen LogP contribution in [0, 0.1) is 34.5 Å². The van der Waals surface area contributed by atoms with Gasteiger partial charge in [0.15, 0.2) is 17.2 Å². The number of hydrogen-bond donors (Lipinski definition) is 6. The normalized spacial score (nSPS) is 43.7. The highest BCUT2D eigenvalue weighted by Gasteiger charge is 2.80. The maximum atomic E-state index is 14.4. The second kappa shape index (κ2) is 9.33. The molecule has 2 unspecified atom stereocenters. The number of ketones is 2. The molecule has 1 aromatic rings. The highest BCUT2D eigenvalue weighted by molar-refractivity contribution is 6.09. The minimum atomic E-state index is -2.78. The molecule has 3 fully saturated rings. The van der Waals surface area contributed by atoms with Crippen LogP contribution in [0.5, 0.6) is 5.75 Å². The SMILES string of the molecule is CC(C)[C@H]1C(O)[C@@H](C(N)=O)C(=O)[C@]2(O)C(O)[C@H]3C(=O)c4c(ccc(C5(C)CCCCC5)c4O)[C@@H](C)[C@]3(C)[C@@H](O)[C@]12C. The molecule has 10 atom stereocenters. The molecular weight excluding hydrogens is 526 g/mol. The lowest BCUT2D eigenvalue weighted by atomic mass is 9.36. The Labute approximate surface area is 241 Å². The van der Waals surface area contributed by atoms with Crippen LogP contribution >= 0.6 is 0 Å². The van der Waals surface area contributed by atoms with Crippen LogP contribution in [0.2, 0.25) is 0 Å². The largest absolute Gasteiger partial charge is 0.507 e. The summed E-state index contributed by atoms with van der Waals surface area (Å²) in [6, 6.07) is 3.68. The van der Waals surface area contributed by atoms with Gasteiger partial charge in [-0.3, -0.25) is 14.4 Å². The van der Waals surface area contributed by atoms with Crippen molar-refractivity contribution >= 4 is 17.5 Å². The Hall–Kier alpha value is -2.33. The molecule has 0 radical (unpaired) electrons. The number of aliphatic hydroxyl groups excluding tert-OH is 3. The van der Waals surface area contributed by atoms with E-state index in [0.29, 0.717) is 11.1 Å². The quantitative estimate of drug-likeness (QED) is 0.299. The number of aromatic hydroxyl groups is 1. The molecule has 3 saturated carbocycles. The van der Waals surface area contributed by atoms with Gasteiger partial charge in [-0.2, -0.15) is 0 Å². The van der Waals surface area contributed by atoms with Crippen molar-refractivity contribution < 1.29 is 39.9 Å². The van der Waals surface area contributed by atoms with Crippen molar-refractivity contribution in [3.8, 4) is 5.75 Å². The standard InChI is InChI=1S/C32H45NO8/c1-14(2)20-24(36)19(27(33)39)25(37)32(41)26(38)21-23(35)18-16(15(3)30(21,5)28(40)31(20,32)6)10-11-17(22(18)34)29(4)12-8-7-9-13-29/h10-11,14-15,19-21,24,26,28,34,36,38,40-41H,7-9,12-13H2,1-6H3,(H2,33,39)/t15-,19-,20+,21-,24?,26?,28-,30+,31+,32+/m1/s1. The molecule has 5 rings (SSSR count). The van der Waals surface area contributed by atoms with Gasteiger partial charge in [0.25, 0.3) is 0 Å². The monoisotopic (exact) mass is 571 g/mol. The Balaban J connectivity index is 1.75. The van der Waals surface area contributed by atoms with Gasteiger partial charge in [0.05, 0.1) is 23.7 Å². The maximum Gasteiger partial charge on any atom is 0.230 e. The van der Waals surface area contributed by atoms with Crippen molar-refractivity contribution in [2.45, 2.75) is 109 Å². The predicted molar refractivity (Wildman–Crippen MR) is 150 cm³/mol. The van der Waals surface area contributed by atoms with Gasteiger partial charge in [0.2, 0.25) is 5.91 Å². The van der Waals surface area contributed by atoms with Crippen LogP contribution in [0.15, 0.2) is 12.1 Å². The third kappa shape index (κ3) is 3.46. The first kappa shape index (κ1) is 30.1. The minimum absolute atomic E-state index is 0.0397. The Morgan fingerprint density at radius 3 is 2.15 bits per heavy atom. The zero-order valence-corrected chi connectivity index (χ0v) is 24.8. The van der Waals surface area contributed by atoms with Gasteiger partial charge in [-0.1, -0.05) is 72.9 Å². The Kier molecular flexibility index (Phi) is 6.86. The molecule has 1 aromatic carbocycles. The first-order valence-electron chi connectivity index (χ1n) is 14.9. The molecular formula is C32H45NO8. The number of phenolic OH excluding ortho intramolecular Hbond substituents is 1. The number of phenols is 1. The number of nitrogens with two attached hydrogens (primary N) is 1. The summed E-state index contributed by atoms with van der Waals surface area (Å²) in [4.78, 5) is 40.8. The zero-order valence-electron chi connectivity index (χ0n) is 24.8. The van der Waals surface area contributed by atoms with E-state index in [0.717, 1.165) is 32.1 Å². The molecule has 0 saturated heterocycles. The molecule has 4 aliphatic carbocycles.